The monoisotopic (exact) mass is 325 g/mol. The molecule has 2 aromatic rings. The minimum atomic E-state index is -0.297. The van der Waals surface area contributed by atoms with Crippen LogP contribution in [0.15, 0.2) is 29.5 Å². The molecule has 1 aromatic carbocycles. The van der Waals surface area contributed by atoms with E-state index in [1.807, 2.05) is 11.8 Å². The molecule has 1 fully saturated rings. The average molecular weight is 325 g/mol. The number of carbonyl (C=O) groups excluding carboxylic acids is 1. The van der Waals surface area contributed by atoms with Gasteiger partial charge in [0.25, 0.3) is 5.91 Å². The zero-order valence-corrected chi connectivity index (χ0v) is 13.5. The van der Waals surface area contributed by atoms with Gasteiger partial charge in [-0.1, -0.05) is 0 Å². The van der Waals surface area contributed by atoms with Crippen molar-refractivity contribution in [1.29, 1.82) is 0 Å². The highest BCUT2D eigenvalue weighted by Gasteiger charge is 2.35. The third-order valence-corrected chi connectivity index (χ3v) is 5.19. The van der Waals surface area contributed by atoms with Gasteiger partial charge in [0.15, 0.2) is 5.84 Å². The molecule has 0 unspecified atom stereocenters. The van der Waals surface area contributed by atoms with Crippen molar-refractivity contribution in [2.45, 2.75) is 25.4 Å². The number of nitrogens with one attached hydrogen (secondary N) is 2. The van der Waals surface area contributed by atoms with Crippen LogP contribution in [0.4, 0.5) is 5.69 Å². The number of ether oxygens (including phenoxy) is 1. The van der Waals surface area contributed by atoms with E-state index < -0.39 is 0 Å². The third-order valence-electron chi connectivity index (χ3n) is 5.19. The zero-order chi connectivity index (χ0) is 16.3. The number of hydrogen-bond acceptors (Lipinski definition) is 5. The Morgan fingerprint density at radius 1 is 1.38 bits per heavy atom. The van der Waals surface area contributed by atoms with Gasteiger partial charge in [0, 0.05) is 24.2 Å². The van der Waals surface area contributed by atoms with Crippen molar-refractivity contribution in [3.63, 3.8) is 0 Å². The number of benzene rings is 1. The predicted molar refractivity (Wildman–Crippen MR) is 91.5 cm³/mol. The van der Waals surface area contributed by atoms with E-state index >= 15 is 0 Å². The van der Waals surface area contributed by atoms with Crippen molar-refractivity contribution in [3.8, 4) is 5.75 Å². The van der Waals surface area contributed by atoms with E-state index in [1.165, 1.54) is 5.52 Å². The first-order chi connectivity index (χ1) is 11.7. The summed E-state index contributed by atoms with van der Waals surface area (Å²) < 4.78 is 8.20. The second-order valence-corrected chi connectivity index (χ2v) is 6.59. The first-order valence-corrected chi connectivity index (χ1v) is 8.36. The molecule has 1 amide bonds. The Balaban J connectivity index is 1.67. The smallest absolute Gasteiger partial charge is 0.262 e. The Labute approximate surface area is 139 Å². The number of aromatic nitrogens is 1. The number of amides is 1. The van der Waals surface area contributed by atoms with E-state index in [1.54, 1.807) is 0 Å². The highest BCUT2D eigenvalue weighted by molar-refractivity contribution is 6.10. The van der Waals surface area contributed by atoms with Gasteiger partial charge in [-0.3, -0.25) is 4.79 Å². The van der Waals surface area contributed by atoms with Crippen molar-refractivity contribution in [2.75, 3.05) is 24.6 Å². The van der Waals surface area contributed by atoms with Gasteiger partial charge in [-0.05, 0) is 38.1 Å². The molecule has 2 atom stereocenters. The van der Waals surface area contributed by atoms with Crippen LogP contribution in [0.2, 0.25) is 0 Å². The van der Waals surface area contributed by atoms with Crippen LogP contribution in [0.1, 0.15) is 19.4 Å². The molecule has 5 rings (SSSR count). The van der Waals surface area contributed by atoms with Gasteiger partial charge < -0.3 is 19.5 Å². The molecule has 4 heterocycles. The van der Waals surface area contributed by atoms with E-state index in [-0.39, 0.29) is 11.9 Å². The fourth-order valence-electron chi connectivity index (χ4n) is 3.87. The number of rotatable bonds is 1. The molecule has 7 heteroatoms. The summed E-state index contributed by atoms with van der Waals surface area (Å²) in [6.45, 7) is 4.31. The fourth-order valence-corrected chi connectivity index (χ4v) is 3.87. The Morgan fingerprint density at radius 3 is 3.12 bits per heavy atom. The molecule has 0 saturated carbocycles. The molecule has 1 saturated heterocycles. The highest BCUT2D eigenvalue weighted by atomic mass is 16.5. The van der Waals surface area contributed by atoms with Crippen LogP contribution in [0, 0.1) is 0 Å². The first kappa shape index (κ1) is 13.9. The SMILES string of the molecule is C[C@@H]1C(=O)NN=C2COc3cc4ccn([C@H]5CCNC5)c4cc3N21. The molecule has 1 aromatic heterocycles. The molecular weight excluding hydrogens is 306 g/mol. The predicted octanol–water partition coefficient (Wildman–Crippen LogP) is 1.21. The number of hydrazone groups is 1. The van der Waals surface area contributed by atoms with Gasteiger partial charge >= 0.3 is 0 Å². The minimum absolute atomic E-state index is 0.0953. The van der Waals surface area contributed by atoms with Crippen LogP contribution in [-0.4, -0.2) is 42.0 Å². The Kier molecular flexibility index (Phi) is 2.87. The summed E-state index contributed by atoms with van der Waals surface area (Å²) in [6.07, 6.45) is 3.28. The summed E-state index contributed by atoms with van der Waals surface area (Å²) in [5, 5.41) is 8.73. The average Bonchev–Trinajstić information content (AvgIpc) is 3.24. The van der Waals surface area contributed by atoms with Gasteiger partial charge in [-0.25, -0.2) is 5.43 Å². The van der Waals surface area contributed by atoms with Gasteiger partial charge in [0.05, 0.1) is 11.2 Å². The summed E-state index contributed by atoms with van der Waals surface area (Å²) in [7, 11) is 0. The fraction of sp³-hybridized carbons (Fsp3) is 0.412. The lowest BCUT2D eigenvalue weighted by Crippen LogP contribution is -2.55. The lowest BCUT2D eigenvalue weighted by molar-refractivity contribution is -0.122. The van der Waals surface area contributed by atoms with Crippen molar-refractivity contribution < 1.29 is 9.53 Å². The summed E-state index contributed by atoms with van der Waals surface area (Å²) in [6, 6.07) is 6.51. The van der Waals surface area contributed by atoms with Crippen molar-refractivity contribution in [1.82, 2.24) is 15.3 Å². The number of nitrogens with zero attached hydrogens (tertiary/aromatic N) is 3. The number of hydrogen-bond donors (Lipinski definition) is 2. The minimum Gasteiger partial charge on any atom is -0.483 e. The first-order valence-electron chi connectivity index (χ1n) is 8.36. The number of fused-ring (bicyclic) bond motifs is 4. The van der Waals surface area contributed by atoms with Crippen LogP contribution < -0.4 is 20.4 Å². The van der Waals surface area contributed by atoms with Crippen LogP contribution in [0.5, 0.6) is 5.75 Å². The molecule has 3 aliphatic rings. The summed E-state index contributed by atoms with van der Waals surface area (Å²) >= 11 is 0. The van der Waals surface area contributed by atoms with E-state index in [9.17, 15) is 4.79 Å². The van der Waals surface area contributed by atoms with Crippen LogP contribution in [0.25, 0.3) is 10.9 Å². The molecule has 24 heavy (non-hydrogen) atoms. The van der Waals surface area contributed by atoms with Gasteiger partial charge in [0.1, 0.15) is 18.4 Å². The topological polar surface area (TPSA) is 70.9 Å². The Hall–Kier alpha value is -2.54. The quantitative estimate of drug-likeness (QED) is 0.827. The van der Waals surface area contributed by atoms with Gasteiger partial charge in [-0.2, -0.15) is 5.10 Å². The summed E-state index contributed by atoms with van der Waals surface area (Å²) in [4.78, 5) is 14.0. The molecule has 0 aliphatic carbocycles. The molecule has 7 nitrogen and oxygen atoms in total. The van der Waals surface area contributed by atoms with Gasteiger partial charge in [-0.15, -0.1) is 0 Å². The molecule has 124 valence electrons. The normalized spacial score (nSPS) is 25.8. The number of carbonyl (C=O) groups is 1. The van der Waals surface area contributed by atoms with Crippen LogP contribution in [0.3, 0.4) is 0 Å². The van der Waals surface area contributed by atoms with Crippen molar-refractivity contribution in [3.05, 3.63) is 24.4 Å². The summed E-state index contributed by atoms with van der Waals surface area (Å²) in [5.74, 6) is 1.46. The molecular formula is C17H19N5O2. The highest BCUT2D eigenvalue weighted by Crippen LogP contribution is 2.39. The molecule has 0 radical (unpaired) electrons. The lowest BCUT2D eigenvalue weighted by atomic mass is 10.1. The third kappa shape index (κ3) is 1.88. The maximum absolute atomic E-state index is 12.0. The Morgan fingerprint density at radius 2 is 2.29 bits per heavy atom. The van der Waals surface area contributed by atoms with E-state index in [4.69, 9.17) is 4.74 Å². The largest absolute Gasteiger partial charge is 0.483 e. The summed E-state index contributed by atoms with van der Waals surface area (Å²) in [5.41, 5.74) is 4.65. The number of amidine groups is 1. The van der Waals surface area contributed by atoms with Crippen molar-refractivity contribution in [2.24, 2.45) is 5.10 Å². The second kappa shape index (κ2) is 4.98. The lowest BCUT2D eigenvalue weighted by Gasteiger charge is -2.38. The maximum atomic E-state index is 12.0. The van der Waals surface area contributed by atoms with E-state index in [0.717, 1.165) is 42.2 Å². The molecule has 0 bridgehead atoms. The van der Waals surface area contributed by atoms with Crippen LogP contribution >= 0.6 is 0 Å². The van der Waals surface area contributed by atoms with E-state index in [0.29, 0.717) is 12.6 Å². The second-order valence-electron chi connectivity index (χ2n) is 6.59. The van der Waals surface area contributed by atoms with E-state index in [2.05, 4.69) is 44.8 Å². The number of anilines is 1. The van der Waals surface area contributed by atoms with Gasteiger partial charge in [0.2, 0.25) is 0 Å². The zero-order valence-electron chi connectivity index (χ0n) is 13.5. The molecule has 2 N–H and O–H groups in total. The molecule has 3 aliphatic heterocycles. The standard InChI is InChI=1S/C17H19N5O2/c1-10-17(23)20-19-16-9-24-15-6-11-3-5-21(12-2-4-18-8-12)13(11)7-14(15)22(10)16/h3,5-7,10,12,18H,2,4,8-9H2,1H3,(H,20,23)/t10-,12+/m1/s1. The Bertz CT molecular complexity index is 865. The molecule has 0 spiro atoms. The van der Waals surface area contributed by atoms with Crippen molar-refractivity contribution >= 4 is 28.3 Å². The maximum Gasteiger partial charge on any atom is 0.262 e. The van der Waals surface area contributed by atoms with Crippen LogP contribution in [-0.2, 0) is 4.79 Å².